The van der Waals surface area contributed by atoms with Crippen molar-refractivity contribution < 1.29 is 14.2 Å². The average Bonchev–Trinajstić information content (AvgIpc) is 3.11. The molecule has 4 aromatic rings. The van der Waals surface area contributed by atoms with Crippen LogP contribution in [0, 0.1) is 5.82 Å². The standard InChI is InChI=1S/C22H19FN2O2/c1-14(26)15-6-9-21-20(11-15)24-13-25(21)18-5-3-4-16(10-18)19-8-7-17(23)12-22(19)27-2/h3-14,26H,1-2H3/t14-/m0/s1. The molecule has 1 aromatic heterocycles. The molecule has 4 nitrogen and oxygen atoms in total. The highest BCUT2D eigenvalue weighted by molar-refractivity contribution is 5.79. The van der Waals surface area contributed by atoms with Crippen molar-refractivity contribution in [3.05, 3.63) is 78.4 Å². The fourth-order valence-corrected chi connectivity index (χ4v) is 3.22. The number of nitrogens with zero attached hydrogens (tertiary/aromatic N) is 2. The van der Waals surface area contributed by atoms with E-state index in [0.29, 0.717) is 5.75 Å². The monoisotopic (exact) mass is 362 g/mol. The summed E-state index contributed by atoms with van der Waals surface area (Å²) in [5.41, 5.74) is 5.28. The van der Waals surface area contributed by atoms with Crippen LogP contribution in [0.15, 0.2) is 67.0 Å². The molecule has 0 saturated carbocycles. The molecule has 0 amide bonds. The minimum atomic E-state index is -0.534. The van der Waals surface area contributed by atoms with Crippen LogP contribution in [-0.4, -0.2) is 21.8 Å². The third-order valence-corrected chi connectivity index (χ3v) is 4.65. The summed E-state index contributed by atoms with van der Waals surface area (Å²) in [6, 6.07) is 18.2. The van der Waals surface area contributed by atoms with Crippen LogP contribution < -0.4 is 4.74 Å². The summed E-state index contributed by atoms with van der Waals surface area (Å²) in [5.74, 6) is 0.158. The first-order chi connectivity index (χ1) is 13.1. The summed E-state index contributed by atoms with van der Waals surface area (Å²) in [5, 5.41) is 9.77. The van der Waals surface area contributed by atoms with Gasteiger partial charge in [0.1, 0.15) is 17.9 Å². The van der Waals surface area contributed by atoms with Crippen molar-refractivity contribution in [1.82, 2.24) is 9.55 Å². The van der Waals surface area contributed by atoms with Crippen LogP contribution in [0.5, 0.6) is 5.75 Å². The van der Waals surface area contributed by atoms with E-state index in [0.717, 1.165) is 33.4 Å². The molecule has 136 valence electrons. The number of aliphatic hydroxyl groups is 1. The van der Waals surface area contributed by atoms with Crippen molar-refractivity contribution >= 4 is 11.0 Å². The molecule has 0 aliphatic carbocycles. The van der Waals surface area contributed by atoms with Gasteiger partial charge < -0.3 is 9.84 Å². The minimum Gasteiger partial charge on any atom is -0.496 e. The van der Waals surface area contributed by atoms with Gasteiger partial charge >= 0.3 is 0 Å². The minimum absolute atomic E-state index is 0.332. The highest BCUT2D eigenvalue weighted by Crippen LogP contribution is 2.32. The lowest BCUT2D eigenvalue weighted by Crippen LogP contribution is -1.95. The zero-order valence-electron chi connectivity index (χ0n) is 15.1. The van der Waals surface area contributed by atoms with Gasteiger partial charge in [-0.05, 0) is 54.4 Å². The van der Waals surface area contributed by atoms with Gasteiger partial charge in [-0.3, -0.25) is 4.57 Å². The molecule has 0 spiro atoms. The molecule has 5 heteroatoms. The molecule has 0 fully saturated rings. The van der Waals surface area contributed by atoms with E-state index in [1.807, 2.05) is 47.0 Å². The van der Waals surface area contributed by atoms with Gasteiger partial charge in [0.05, 0.1) is 24.2 Å². The van der Waals surface area contributed by atoms with Gasteiger partial charge in [-0.2, -0.15) is 0 Å². The lowest BCUT2D eigenvalue weighted by molar-refractivity contribution is 0.199. The molecule has 3 aromatic carbocycles. The summed E-state index contributed by atoms with van der Waals surface area (Å²) in [6.07, 6.45) is 1.23. The number of imidazole rings is 1. The number of aromatic nitrogens is 2. The highest BCUT2D eigenvalue weighted by Gasteiger charge is 2.11. The van der Waals surface area contributed by atoms with Gasteiger partial charge in [0.25, 0.3) is 0 Å². The van der Waals surface area contributed by atoms with Crippen molar-refractivity contribution in [2.75, 3.05) is 7.11 Å². The van der Waals surface area contributed by atoms with E-state index >= 15 is 0 Å². The van der Waals surface area contributed by atoms with E-state index in [-0.39, 0.29) is 5.82 Å². The highest BCUT2D eigenvalue weighted by atomic mass is 19.1. The Balaban J connectivity index is 1.81. The zero-order valence-corrected chi connectivity index (χ0v) is 15.1. The van der Waals surface area contributed by atoms with Gasteiger partial charge in [-0.15, -0.1) is 0 Å². The number of rotatable bonds is 4. The van der Waals surface area contributed by atoms with Crippen LogP contribution in [0.3, 0.4) is 0 Å². The molecule has 0 radical (unpaired) electrons. The number of hydrogen-bond acceptors (Lipinski definition) is 3. The van der Waals surface area contributed by atoms with E-state index in [1.165, 1.54) is 19.2 Å². The third kappa shape index (κ3) is 3.17. The van der Waals surface area contributed by atoms with E-state index in [2.05, 4.69) is 4.98 Å². The second kappa shape index (κ2) is 6.85. The van der Waals surface area contributed by atoms with Crippen LogP contribution in [0.2, 0.25) is 0 Å². The Morgan fingerprint density at radius 3 is 2.70 bits per heavy atom. The number of halogens is 1. The lowest BCUT2D eigenvalue weighted by atomic mass is 10.0. The number of aliphatic hydroxyl groups excluding tert-OH is 1. The molecule has 1 atom stereocenters. The van der Waals surface area contributed by atoms with E-state index in [9.17, 15) is 9.50 Å². The predicted molar refractivity (Wildman–Crippen MR) is 104 cm³/mol. The Kier molecular flexibility index (Phi) is 4.38. The Morgan fingerprint density at radius 2 is 1.93 bits per heavy atom. The summed E-state index contributed by atoms with van der Waals surface area (Å²) in [6.45, 7) is 1.73. The van der Waals surface area contributed by atoms with Crippen molar-refractivity contribution in [2.45, 2.75) is 13.0 Å². The van der Waals surface area contributed by atoms with Crippen LogP contribution in [0.25, 0.3) is 27.8 Å². The first-order valence-corrected chi connectivity index (χ1v) is 8.66. The molecule has 1 heterocycles. The van der Waals surface area contributed by atoms with Crippen LogP contribution >= 0.6 is 0 Å². The number of fused-ring (bicyclic) bond motifs is 1. The quantitative estimate of drug-likeness (QED) is 0.562. The Hall–Kier alpha value is -3.18. The van der Waals surface area contributed by atoms with Crippen LogP contribution in [0.4, 0.5) is 4.39 Å². The third-order valence-electron chi connectivity index (χ3n) is 4.65. The second-order valence-corrected chi connectivity index (χ2v) is 6.43. The Morgan fingerprint density at radius 1 is 1.07 bits per heavy atom. The Labute approximate surface area is 156 Å². The maximum absolute atomic E-state index is 13.5. The summed E-state index contributed by atoms with van der Waals surface area (Å²) < 4.78 is 20.8. The van der Waals surface area contributed by atoms with Crippen LogP contribution in [0.1, 0.15) is 18.6 Å². The van der Waals surface area contributed by atoms with Crippen molar-refractivity contribution in [1.29, 1.82) is 0 Å². The molecular formula is C22H19FN2O2. The fraction of sp³-hybridized carbons (Fsp3) is 0.136. The fourth-order valence-electron chi connectivity index (χ4n) is 3.22. The maximum atomic E-state index is 13.5. The van der Waals surface area contributed by atoms with Crippen molar-refractivity contribution in [3.63, 3.8) is 0 Å². The molecule has 0 saturated heterocycles. The summed E-state index contributed by atoms with van der Waals surface area (Å²) in [7, 11) is 1.53. The maximum Gasteiger partial charge on any atom is 0.129 e. The SMILES string of the molecule is COc1cc(F)ccc1-c1cccc(-n2cnc3cc([C@H](C)O)ccc32)c1. The predicted octanol–water partition coefficient (Wildman–Crippen LogP) is 4.89. The van der Waals surface area contributed by atoms with Gasteiger partial charge in [0, 0.05) is 17.3 Å². The molecule has 0 aliphatic rings. The summed E-state index contributed by atoms with van der Waals surface area (Å²) >= 11 is 0. The number of hydrogen-bond donors (Lipinski definition) is 1. The van der Waals surface area contributed by atoms with Gasteiger partial charge in [0.2, 0.25) is 0 Å². The van der Waals surface area contributed by atoms with E-state index < -0.39 is 6.10 Å². The van der Waals surface area contributed by atoms with Crippen LogP contribution in [-0.2, 0) is 0 Å². The van der Waals surface area contributed by atoms with E-state index in [1.54, 1.807) is 19.3 Å². The first kappa shape index (κ1) is 17.2. The van der Waals surface area contributed by atoms with Crippen molar-refractivity contribution in [2.24, 2.45) is 0 Å². The second-order valence-electron chi connectivity index (χ2n) is 6.43. The molecule has 0 unspecified atom stereocenters. The molecular weight excluding hydrogens is 343 g/mol. The number of benzene rings is 3. The van der Waals surface area contributed by atoms with Crippen molar-refractivity contribution in [3.8, 4) is 22.6 Å². The average molecular weight is 362 g/mol. The first-order valence-electron chi connectivity index (χ1n) is 8.66. The smallest absolute Gasteiger partial charge is 0.129 e. The molecule has 0 aliphatic heterocycles. The number of methoxy groups -OCH3 is 1. The zero-order chi connectivity index (χ0) is 19.0. The lowest BCUT2D eigenvalue weighted by Gasteiger charge is -2.11. The van der Waals surface area contributed by atoms with Gasteiger partial charge in [0.15, 0.2) is 0 Å². The largest absolute Gasteiger partial charge is 0.496 e. The van der Waals surface area contributed by atoms with Gasteiger partial charge in [-0.1, -0.05) is 18.2 Å². The molecule has 1 N–H and O–H groups in total. The molecule has 4 rings (SSSR count). The molecule has 0 bridgehead atoms. The topological polar surface area (TPSA) is 47.3 Å². The molecule has 27 heavy (non-hydrogen) atoms. The number of ether oxygens (including phenoxy) is 1. The summed E-state index contributed by atoms with van der Waals surface area (Å²) in [4.78, 5) is 4.46. The van der Waals surface area contributed by atoms with Gasteiger partial charge in [-0.25, -0.2) is 9.37 Å². The van der Waals surface area contributed by atoms with E-state index in [4.69, 9.17) is 4.74 Å². The Bertz CT molecular complexity index is 1120. The normalized spacial score (nSPS) is 12.3.